The van der Waals surface area contributed by atoms with Crippen LogP contribution in [0.25, 0.3) is 0 Å². The summed E-state index contributed by atoms with van der Waals surface area (Å²) < 4.78 is 0. The first-order valence-corrected chi connectivity index (χ1v) is 2.93. The van der Waals surface area contributed by atoms with Crippen LogP contribution >= 0.6 is 0 Å². The fourth-order valence-corrected chi connectivity index (χ4v) is 1.40. The normalized spacial score (nSPS) is 48.0. The van der Waals surface area contributed by atoms with Crippen molar-refractivity contribution in [2.45, 2.75) is 6.42 Å². The van der Waals surface area contributed by atoms with Gasteiger partial charge in [-0.25, -0.2) is 0 Å². The molecule has 2 aliphatic heterocycles. The summed E-state index contributed by atoms with van der Waals surface area (Å²) in [5.41, 5.74) is 3.29. The molecule has 39 valence electrons. The van der Waals surface area contributed by atoms with Crippen LogP contribution in [0.15, 0.2) is 0 Å². The van der Waals surface area contributed by atoms with Crippen LogP contribution in [0.3, 0.4) is 0 Å². The van der Waals surface area contributed by atoms with Gasteiger partial charge in [0.15, 0.2) is 0 Å². The van der Waals surface area contributed by atoms with Crippen molar-refractivity contribution in [3.8, 4) is 0 Å². The van der Waals surface area contributed by atoms with Crippen LogP contribution in [-0.2, 0) is 0 Å². The van der Waals surface area contributed by atoms with Gasteiger partial charge in [-0.15, -0.1) is 5.43 Å². The molecule has 0 aliphatic carbocycles. The maximum absolute atomic E-state index is 3.29. The van der Waals surface area contributed by atoms with E-state index in [1.54, 1.807) is 0 Å². The minimum Gasteiger partial charge on any atom is -0.118 e. The standard InChI is InChI=1S/C5H10N2/c1-2-7-4-5(1)3-6-7/h5-6H,1-4H2/q+1. The van der Waals surface area contributed by atoms with E-state index < -0.39 is 0 Å². The summed E-state index contributed by atoms with van der Waals surface area (Å²) in [6.07, 6.45) is 1.42. The van der Waals surface area contributed by atoms with Crippen LogP contribution in [0.5, 0.6) is 0 Å². The first kappa shape index (κ1) is 3.87. The Kier molecular flexibility index (Phi) is 0.664. The van der Waals surface area contributed by atoms with Gasteiger partial charge in [0, 0.05) is 12.3 Å². The highest BCUT2D eigenvalue weighted by Crippen LogP contribution is 2.16. The summed E-state index contributed by atoms with van der Waals surface area (Å²) in [6, 6.07) is 0. The van der Waals surface area contributed by atoms with E-state index in [2.05, 4.69) is 10.4 Å². The SMILES string of the molecule is C1C[N+]2CC1CN2. The fourth-order valence-electron chi connectivity index (χ4n) is 1.40. The monoisotopic (exact) mass is 98.1 g/mol. The Balaban J connectivity index is 2.12. The molecule has 2 nitrogen and oxygen atoms in total. The minimum atomic E-state index is 0.986. The molecule has 2 saturated heterocycles. The van der Waals surface area contributed by atoms with E-state index >= 15 is 0 Å². The highest BCUT2D eigenvalue weighted by atomic mass is 15.5. The van der Waals surface area contributed by atoms with Crippen molar-refractivity contribution in [1.82, 2.24) is 10.4 Å². The van der Waals surface area contributed by atoms with Gasteiger partial charge < -0.3 is 0 Å². The van der Waals surface area contributed by atoms with Crippen molar-refractivity contribution in [3.63, 3.8) is 0 Å². The third kappa shape index (κ3) is 0.469. The van der Waals surface area contributed by atoms with Gasteiger partial charge in [0.05, 0.1) is 6.54 Å². The zero-order valence-corrected chi connectivity index (χ0v) is 4.35. The quantitative estimate of drug-likeness (QED) is 0.410. The van der Waals surface area contributed by atoms with Gasteiger partial charge in [0.1, 0.15) is 13.1 Å². The van der Waals surface area contributed by atoms with Crippen molar-refractivity contribution in [2.24, 2.45) is 5.92 Å². The van der Waals surface area contributed by atoms with Crippen molar-refractivity contribution in [2.75, 3.05) is 19.6 Å². The molecule has 2 fully saturated rings. The number of hydrogen-bond acceptors (Lipinski definition) is 2. The lowest BCUT2D eigenvalue weighted by molar-refractivity contribution is 0.397. The zero-order valence-electron chi connectivity index (χ0n) is 4.35. The maximum Gasteiger partial charge on any atom is 0.149 e. The lowest BCUT2D eigenvalue weighted by Gasteiger charge is -2.00. The molecule has 2 bridgehead atoms. The first-order chi connectivity index (χ1) is 3.45. The van der Waals surface area contributed by atoms with Gasteiger partial charge in [-0.05, 0) is 0 Å². The second-order valence-corrected chi connectivity index (χ2v) is 2.46. The Morgan fingerprint density at radius 1 is 1.57 bits per heavy atom. The number of nitrogens with zero attached hydrogens (tertiary/aromatic N) is 1. The molecule has 0 spiro atoms. The Labute approximate surface area is 43.5 Å². The van der Waals surface area contributed by atoms with E-state index in [1.807, 2.05) is 0 Å². The molecule has 2 aliphatic rings. The summed E-state index contributed by atoms with van der Waals surface area (Å²) in [5, 5.41) is 2.31. The van der Waals surface area contributed by atoms with Gasteiger partial charge in [-0.1, -0.05) is 5.01 Å². The molecule has 0 saturated carbocycles. The number of fused-ring (bicyclic) bond motifs is 2. The Bertz CT molecular complexity index is 64.1. The smallest absolute Gasteiger partial charge is 0.118 e. The Morgan fingerprint density at radius 2 is 2.57 bits per heavy atom. The van der Waals surface area contributed by atoms with Gasteiger partial charge in [-0.3, -0.25) is 0 Å². The average molecular weight is 98.1 g/mol. The number of nitrogens with one attached hydrogen (secondary N) is 1. The number of hydrogen-bond donors (Lipinski definition) is 1. The fraction of sp³-hybridized carbons (Fsp3) is 1.00. The summed E-state index contributed by atoms with van der Waals surface area (Å²) in [7, 11) is 0. The Hall–Kier alpha value is -0.0800. The number of hydrazine groups is 1. The van der Waals surface area contributed by atoms with E-state index in [1.165, 1.54) is 26.1 Å². The lowest BCUT2D eigenvalue weighted by Crippen LogP contribution is -2.37. The molecule has 2 atom stereocenters. The molecule has 7 heavy (non-hydrogen) atoms. The molecule has 2 rings (SSSR count). The second-order valence-electron chi connectivity index (χ2n) is 2.46. The van der Waals surface area contributed by atoms with Gasteiger partial charge >= 0.3 is 0 Å². The van der Waals surface area contributed by atoms with Crippen molar-refractivity contribution in [1.29, 1.82) is 0 Å². The topological polar surface area (TPSA) is 17.9 Å². The van der Waals surface area contributed by atoms with Crippen LogP contribution in [0.4, 0.5) is 0 Å². The van der Waals surface area contributed by atoms with Crippen molar-refractivity contribution in [3.05, 3.63) is 0 Å². The molecular formula is C5H10N2+. The summed E-state index contributed by atoms with van der Waals surface area (Å²) >= 11 is 0. The van der Waals surface area contributed by atoms with Crippen LogP contribution in [0, 0.1) is 5.92 Å². The third-order valence-corrected chi connectivity index (χ3v) is 1.89. The molecule has 0 amide bonds. The minimum absolute atomic E-state index is 0.986. The lowest BCUT2D eigenvalue weighted by atomic mass is 10.1. The molecule has 1 radical (unpaired) electrons. The summed E-state index contributed by atoms with van der Waals surface area (Å²) in [5.74, 6) is 0.986. The van der Waals surface area contributed by atoms with E-state index in [9.17, 15) is 0 Å². The van der Waals surface area contributed by atoms with Crippen LogP contribution in [-0.4, -0.2) is 19.6 Å². The van der Waals surface area contributed by atoms with Crippen LogP contribution in [0.2, 0.25) is 0 Å². The van der Waals surface area contributed by atoms with E-state index in [0.29, 0.717) is 0 Å². The third-order valence-electron chi connectivity index (χ3n) is 1.89. The molecule has 0 aromatic rings. The van der Waals surface area contributed by atoms with Crippen molar-refractivity contribution < 1.29 is 0 Å². The predicted molar refractivity (Wildman–Crippen MR) is 28.0 cm³/mol. The average Bonchev–Trinajstić information content (AvgIpc) is 2.22. The van der Waals surface area contributed by atoms with E-state index in [0.717, 1.165) is 5.92 Å². The maximum atomic E-state index is 3.29. The summed E-state index contributed by atoms with van der Waals surface area (Å²) in [6.45, 7) is 3.82. The first-order valence-electron chi connectivity index (χ1n) is 2.93. The van der Waals surface area contributed by atoms with Gasteiger partial charge in [0.2, 0.25) is 0 Å². The molecule has 0 aromatic heterocycles. The van der Waals surface area contributed by atoms with Gasteiger partial charge in [0.25, 0.3) is 0 Å². The van der Waals surface area contributed by atoms with E-state index in [-0.39, 0.29) is 0 Å². The molecular weight excluding hydrogens is 88.1 g/mol. The molecule has 2 heterocycles. The zero-order chi connectivity index (χ0) is 4.69. The van der Waals surface area contributed by atoms with Crippen LogP contribution < -0.4 is 10.4 Å². The molecule has 0 aromatic carbocycles. The van der Waals surface area contributed by atoms with Crippen molar-refractivity contribution >= 4 is 0 Å². The highest BCUT2D eigenvalue weighted by molar-refractivity contribution is 4.84. The van der Waals surface area contributed by atoms with Crippen LogP contribution in [0.1, 0.15) is 6.42 Å². The molecule has 2 heteroatoms. The molecule has 2 unspecified atom stereocenters. The number of rotatable bonds is 0. The second kappa shape index (κ2) is 1.20. The largest absolute Gasteiger partial charge is 0.149 e. The summed E-state index contributed by atoms with van der Waals surface area (Å²) in [4.78, 5) is 0. The van der Waals surface area contributed by atoms with E-state index in [4.69, 9.17) is 0 Å². The highest BCUT2D eigenvalue weighted by Gasteiger charge is 2.37. The predicted octanol–water partition coefficient (Wildman–Crippen LogP) is -0.335. The molecule has 1 N–H and O–H groups in total. The Morgan fingerprint density at radius 3 is 2.71 bits per heavy atom. The van der Waals surface area contributed by atoms with Gasteiger partial charge in [-0.2, -0.15) is 0 Å².